The molecule has 1 aromatic carbocycles. The van der Waals surface area contributed by atoms with Crippen molar-refractivity contribution in [3.63, 3.8) is 0 Å². The zero-order chi connectivity index (χ0) is 14.0. The van der Waals surface area contributed by atoms with E-state index < -0.39 is 0 Å². The lowest BCUT2D eigenvalue weighted by Crippen LogP contribution is -2.37. The van der Waals surface area contributed by atoms with Gasteiger partial charge in [0.05, 0.1) is 6.10 Å². The van der Waals surface area contributed by atoms with E-state index in [9.17, 15) is 0 Å². The van der Waals surface area contributed by atoms with E-state index in [1.165, 1.54) is 0 Å². The van der Waals surface area contributed by atoms with Crippen molar-refractivity contribution in [1.29, 1.82) is 0 Å². The predicted molar refractivity (Wildman–Crippen MR) is 77.7 cm³/mol. The molecule has 0 aromatic heterocycles. The van der Waals surface area contributed by atoms with Gasteiger partial charge in [0.2, 0.25) is 0 Å². The molecule has 3 heteroatoms. The average molecular weight is 263 g/mol. The highest BCUT2D eigenvalue weighted by Crippen LogP contribution is 2.40. The van der Waals surface area contributed by atoms with Crippen LogP contribution in [-0.2, 0) is 0 Å². The number of hydrogen-bond donors (Lipinski definition) is 1. The lowest BCUT2D eigenvalue weighted by molar-refractivity contribution is 0.0721. The van der Waals surface area contributed by atoms with Crippen LogP contribution in [0.2, 0.25) is 0 Å². The summed E-state index contributed by atoms with van der Waals surface area (Å²) in [6.07, 6.45) is 3.13. The molecular weight excluding hydrogens is 238 g/mol. The summed E-state index contributed by atoms with van der Waals surface area (Å²) in [6, 6.07) is 6.06. The second kappa shape index (κ2) is 5.41. The largest absolute Gasteiger partial charge is 0.490 e. The zero-order valence-corrected chi connectivity index (χ0v) is 12.4. The predicted octanol–water partition coefficient (Wildman–Crippen LogP) is 3.81. The number of benzene rings is 1. The summed E-state index contributed by atoms with van der Waals surface area (Å²) in [5.41, 5.74) is 7.08. The minimum absolute atomic E-state index is 0.0425. The summed E-state index contributed by atoms with van der Waals surface area (Å²) in [5.74, 6) is 1.74. The van der Waals surface area contributed by atoms with Crippen LogP contribution in [0, 0.1) is 0 Å². The van der Waals surface area contributed by atoms with E-state index in [1.807, 2.05) is 18.2 Å². The molecule has 1 unspecified atom stereocenters. The molecule has 2 rings (SSSR count). The minimum atomic E-state index is -0.208. The number of ether oxygens (including phenoxy) is 2. The molecule has 0 spiro atoms. The highest BCUT2D eigenvalue weighted by atomic mass is 16.5. The summed E-state index contributed by atoms with van der Waals surface area (Å²) < 4.78 is 12.0. The molecule has 0 saturated carbocycles. The van der Waals surface area contributed by atoms with Gasteiger partial charge in [0, 0.05) is 24.1 Å². The van der Waals surface area contributed by atoms with Crippen LogP contribution in [0.4, 0.5) is 0 Å². The van der Waals surface area contributed by atoms with Crippen molar-refractivity contribution in [2.45, 2.75) is 64.7 Å². The van der Waals surface area contributed by atoms with Crippen LogP contribution in [0.5, 0.6) is 11.5 Å². The van der Waals surface area contributed by atoms with Crippen molar-refractivity contribution in [2.75, 3.05) is 0 Å². The van der Waals surface area contributed by atoms with Gasteiger partial charge in [0.1, 0.15) is 17.1 Å². The van der Waals surface area contributed by atoms with Gasteiger partial charge in [-0.05, 0) is 32.8 Å². The third-order valence-corrected chi connectivity index (χ3v) is 3.70. The first-order valence-electron chi connectivity index (χ1n) is 7.20. The van der Waals surface area contributed by atoms with Crippen molar-refractivity contribution in [3.05, 3.63) is 23.8 Å². The van der Waals surface area contributed by atoms with Crippen LogP contribution >= 0.6 is 0 Å². The first-order chi connectivity index (χ1) is 8.95. The smallest absolute Gasteiger partial charge is 0.128 e. The van der Waals surface area contributed by atoms with E-state index in [1.54, 1.807) is 0 Å². The number of rotatable bonds is 4. The maximum atomic E-state index is 6.20. The van der Waals surface area contributed by atoms with Crippen LogP contribution in [0.1, 0.15) is 58.6 Å². The summed E-state index contributed by atoms with van der Waals surface area (Å²) >= 11 is 0. The second-order valence-electron chi connectivity index (χ2n) is 5.93. The van der Waals surface area contributed by atoms with Crippen molar-refractivity contribution in [3.8, 4) is 11.5 Å². The van der Waals surface area contributed by atoms with E-state index in [-0.39, 0.29) is 17.7 Å². The van der Waals surface area contributed by atoms with Gasteiger partial charge in [-0.3, -0.25) is 0 Å². The van der Waals surface area contributed by atoms with Crippen LogP contribution in [-0.4, -0.2) is 11.7 Å². The van der Waals surface area contributed by atoms with Gasteiger partial charge < -0.3 is 15.2 Å². The number of fused-ring (bicyclic) bond motifs is 1. The standard InChI is InChI=1S/C16H25NO2/c1-5-11(6-2)18-12-7-8-13-14(17)10-16(3,4)19-15(13)9-12/h7-9,11,14H,5-6,10,17H2,1-4H3. The molecule has 3 nitrogen and oxygen atoms in total. The van der Waals surface area contributed by atoms with E-state index >= 15 is 0 Å². The topological polar surface area (TPSA) is 44.5 Å². The normalized spacial score (nSPS) is 20.8. The molecule has 1 aliphatic rings. The Labute approximate surface area is 116 Å². The molecule has 2 N–H and O–H groups in total. The summed E-state index contributed by atoms with van der Waals surface area (Å²) in [7, 11) is 0. The van der Waals surface area contributed by atoms with E-state index in [2.05, 4.69) is 27.7 Å². The van der Waals surface area contributed by atoms with Gasteiger partial charge in [-0.25, -0.2) is 0 Å². The molecular formula is C16H25NO2. The molecule has 0 bridgehead atoms. The maximum Gasteiger partial charge on any atom is 0.128 e. The van der Waals surface area contributed by atoms with Gasteiger partial charge in [-0.2, -0.15) is 0 Å². The molecule has 0 radical (unpaired) electrons. The summed E-state index contributed by atoms with van der Waals surface area (Å²) in [5, 5.41) is 0. The van der Waals surface area contributed by atoms with E-state index in [0.29, 0.717) is 0 Å². The molecule has 0 aliphatic carbocycles. The monoisotopic (exact) mass is 263 g/mol. The van der Waals surface area contributed by atoms with Gasteiger partial charge in [-0.1, -0.05) is 19.9 Å². The Kier molecular flexibility index (Phi) is 4.04. The number of hydrogen-bond acceptors (Lipinski definition) is 3. The summed E-state index contributed by atoms with van der Waals surface area (Å²) in [4.78, 5) is 0. The molecule has 0 saturated heterocycles. The summed E-state index contributed by atoms with van der Waals surface area (Å²) in [6.45, 7) is 8.43. The second-order valence-corrected chi connectivity index (χ2v) is 5.93. The van der Waals surface area contributed by atoms with Crippen LogP contribution in [0.3, 0.4) is 0 Å². The Morgan fingerprint density at radius 3 is 2.68 bits per heavy atom. The Morgan fingerprint density at radius 2 is 2.05 bits per heavy atom. The van der Waals surface area contributed by atoms with Crippen molar-refractivity contribution < 1.29 is 9.47 Å². The third-order valence-electron chi connectivity index (χ3n) is 3.70. The fourth-order valence-electron chi connectivity index (χ4n) is 2.61. The Bertz CT molecular complexity index is 438. The lowest BCUT2D eigenvalue weighted by Gasteiger charge is -2.36. The SMILES string of the molecule is CCC(CC)Oc1ccc2c(c1)OC(C)(C)CC2N. The molecule has 1 aromatic rings. The first kappa shape index (κ1) is 14.2. The quantitative estimate of drug-likeness (QED) is 0.898. The van der Waals surface area contributed by atoms with E-state index in [4.69, 9.17) is 15.2 Å². The molecule has 106 valence electrons. The van der Waals surface area contributed by atoms with Crippen molar-refractivity contribution >= 4 is 0 Å². The number of nitrogens with two attached hydrogens (primary N) is 1. The van der Waals surface area contributed by atoms with Gasteiger partial charge in [0.25, 0.3) is 0 Å². The highest BCUT2D eigenvalue weighted by Gasteiger charge is 2.32. The molecule has 19 heavy (non-hydrogen) atoms. The molecule has 0 fully saturated rings. The lowest BCUT2D eigenvalue weighted by atomic mass is 9.90. The van der Waals surface area contributed by atoms with Crippen LogP contribution in [0.25, 0.3) is 0 Å². The zero-order valence-electron chi connectivity index (χ0n) is 12.4. The average Bonchev–Trinajstić information content (AvgIpc) is 2.34. The fourth-order valence-corrected chi connectivity index (χ4v) is 2.61. The van der Waals surface area contributed by atoms with Gasteiger partial charge >= 0.3 is 0 Å². The van der Waals surface area contributed by atoms with Crippen molar-refractivity contribution in [1.82, 2.24) is 0 Å². The van der Waals surface area contributed by atoms with Gasteiger partial charge in [0.15, 0.2) is 0 Å². The third kappa shape index (κ3) is 3.21. The van der Waals surface area contributed by atoms with Crippen molar-refractivity contribution in [2.24, 2.45) is 5.73 Å². The van der Waals surface area contributed by atoms with Crippen LogP contribution < -0.4 is 15.2 Å². The van der Waals surface area contributed by atoms with Gasteiger partial charge in [-0.15, -0.1) is 0 Å². The minimum Gasteiger partial charge on any atom is -0.490 e. The molecule has 1 aliphatic heterocycles. The first-order valence-corrected chi connectivity index (χ1v) is 7.20. The fraction of sp³-hybridized carbons (Fsp3) is 0.625. The Morgan fingerprint density at radius 1 is 1.37 bits per heavy atom. The molecule has 0 amide bonds. The maximum absolute atomic E-state index is 6.20. The Balaban J connectivity index is 2.23. The molecule has 1 heterocycles. The Hall–Kier alpha value is -1.22. The van der Waals surface area contributed by atoms with Crippen LogP contribution in [0.15, 0.2) is 18.2 Å². The molecule has 1 atom stereocenters. The highest BCUT2D eigenvalue weighted by molar-refractivity contribution is 5.44. The van der Waals surface area contributed by atoms with E-state index in [0.717, 1.165) is 36.3 Å².